The Balaban J connectivity index is 4.58. The number of nitrogens with zero attached hydrogens (tertiary/aromatic N) is 3. The Hall–Kier alpha value is -1.46. The number of nitrogens with one attached hydrogen (secondary N) is 1. The molecule has 0 aliphatic carbocycles. The molecule has 1 amide bonds. The van der Waals surface area contributed by atoms with Gasteiger partial charge in [-0.15, -0.1) is 0 Å². The lowest BCUT2D eigenvalue weighted by atomic mass is 9.99. The summed E-state index contributed by atoms with van der Waals surface area (Å²) in [6.07, 6.45) is -0.939. The largest absolute Gasteiger partial charge is 0.444 e. The molecule has 0 spiro atoms. The van der Waals surface area contributed by atoms with Crippen molar-refractivity contribution in [3.63, 3.8) is 0 Å². The number of ether oxygens (including phenoxy) is 1. The fraction of sp³-hybridized carbons (Fsp3) is 0.917. The summed E-state index contributed by atoms with van der Waals surface area (Å²) in [6, 6.07) is -0.500. The summed E-state index contributed by atoms with van der Waals surface area (Å²) in [7, 11) is 0. The molecule has 0 aromatic rings. The normalized spacial score (nSPS) is 14.5. The number of carbonyl (C=O) groups is 1. The zero-order valence-corrected chi connectivity index (χ0v) is 12.3. The van der Waals surface area contributed by atoms with Crippen molar-refractivity contribution in [2.24, 2.45) is 11.0 Å². The van der Waals surface area contributed by atoms with Crippen LogP contribution in [0.2, 0.25) is 0 Å². The Labute approximate surface area is 114 Å². The van der Waals surface area contributed by atoms with Crippen LogP contribution in [0.1, 0.15) is 41.0 Å². The second-order valence-electron chi connectivity index (χ2n) is 5.86. The minimum Gasteiger partial charge on any atom is -0.444 e. The Kier molecular flexibility index (Phi) is 7.26. The third-order valence-corrected chi connectivity index (χ3v) is 2.22. The molecule has 110 valence electrons. The molecule has 0 saturated carbocycles. The van der Waals surface area contributed by atoms with Crippen LogP contribution in [0, 0.1) is 5.92 Å². The highest BCUT2D eigenvalue weighted by Gasteiger charge is 2.24. The fourth-order valence-electron chi connectivity index (χ4n) is 1.53. The summed E-state index contributed by atoms with van der Waals surface area (Å²) >= 11 is 0. The molecule has 0 aromatic carbocycles. The standard InChI is InChI=1S/C12H24N4O3/c1-8(2)6-9(10(17)7-14-16-13)15-11(18)19-12(3,4)5/h8-10,17H,6-7H2,1-5H3,(H,15,18). The van der Waals surface area contributed by atoms with E-state index in [2.05, 4.69) is 15.3 Å². The average Bonchev–Trinajstić information content (AvgIpc) is 2.21. The van der Waals surface area contributed by atoms with E-state index >= 15 is 0 Å². The number of carbonyl (C=O) groups excluding carboxylic acids is 1. The van der Waals surface area contributed by atoms with Gasteiger partial charge in [0, 0.05) is 4.91 Å². The number of hydrogen-bond donors (Lipinski definition) is 2. The van der Waals surface area contributed by atoms with Crippen molar-refractivity contribution in [1.29, 1.82) is 0 Å². The van der Waals surface area contributed by atoms with E-state index in [4.69, 9.17) is 10.3 Å². The summed E-state index contributed by atoms with van der Waals surface area (Å²) < 4.78 is 5.14. The van der Waals surface area contributed by atoms with Gasteiger partial charge in [-0.3, -0.25) is 0 Å². The van der Waals surface area contributed by atoms with Crippen LogP contribution in [0.3, 0.4) is 0 Å². The number of alkyl carbamates (subject to hydrolysis) is 1. The van der Waals surface area contributed by atoms with Crippen LogP contribution in [0.5, 0.6) is 0 Å². The van der Waals surface area contributed by atoms with Gasteiger partial charge in [-0.05, 0) is 38.6 Å². The Bertz CT molecular complexity index is 332. The van der Waals surface area contributed by atoms with Gasteiger partial charge in [0.15, 0.2) is 0 Å². The van der Waals surface area contributed by atoms with Crippen LogP contribution >= 0.6 is 0 Å². The van der Waals surface area contributed by atoms with Crippen molar-refractivity contribution < 1.29 is 14.6 Å². The fourth-order valence-corrected chi connectivity index (χ4v) is 1.53. The quantitative estimate of drug-likeness (QED) is 0.440. The van der Waals surface area contributed by atoms with Gasteiger partial charge in [-0.1, -0.05) is 19.0 Å². The van der Waals surface area contributed by atoms with Crippen LogP contribution in [-0.4, -0.2) is 35.5 Å². The van der Waals surface area contributed by atoms with Crippen molar-refractivity contribution in [1.82, 2.24) is 5.32 Å². The summed E-state index contributed by atoms with van der Waals surface area (Å²) in [5, 5.41) is 15.8. The molecule has 0 saturated heterocycles. The van der Waals surface area contributed by atoms with Gasteiger partial charge in [0.1, 0.15) is 5.60 Å². The molecule has 0 fully saturated rings. The van der Waals surface area contributed by atoms with Crippen molar-refractivity contribution >= 4 is 6.09 Å². The average molecular weight is 272 g/mol. The number of amides is 1. The molecule has 19 heavy (non-hydrogen) atoms. The minimum absolute atomic E-state index is 0.0797. The molecular weight excluding hydrogens is 248 g/mol. The highest BCUT2D eigenvalue weighted by atomic mass is 16.6. The number of azide groups is 1. The third-order valence-electron chi connectivity index (χ3n) is 2.22. The number of rotatable bonds is 6. The van der Waals surface area contributed by atoms with Crippen molar-refractivity contribution in [2.75, 3.05) is 6.54 Å². The van der Waals surface area contributed by atoms with E-state index in [9.17, 15) is 9.90 Å². The maximum Gasteiger partial charge on any atom is 0.407 e. The Morgan fingerprint density at radius 1 is 1.47 bits per heavy atom. The first-order chi connectivity index (χ1) is 8.65. The SMILES string of the molecule is CC(C)CC(NC(=O)OC(C)(C)C)C(O)CN=[N+]=[N-]. The van der Waals surface area contributed by atoms with Crippen molar-refractivity contribution in [3.05, 3.63) is 10.4 Å². The zero-order valence-electron chi connectivity index (χ0n) is 12.3. The molecule has 2 atom stereocenters. The molecule has 0 aliphatic heterocycles. The van der Waals surface area contributed by atoms with Gasteiger partial charge in [-0.25, -0.2) is 4.79 Å². The molecule has 0 bridgehead atoms. The Morgan fingerprint density at radius 2 is 2.05 bits per heavy atom. The van der Waals surface area contributed by atoms with Gasteiger partial charge in [0.2, 0.25) is 0 Å². The monoisotopic (exact) mass is 272 g/mol. The van der Waals surface area contributed by atoms with Gasteiger partial charge in [-0.2, -0.15) is 0 Å². The van der Waals surface area contributed by atoms with E-state index in [0.29, 0.717) is 6.42 Å². The van der Waals surface area contributed by atoms with Crippen LogP contribution in [0.4, 0.5) is 4.79 Å². The second kappa shape index (κ2) is 7.86. The predicted molar refractivity (Wildman–Crippen MR) is 72.6 cm³/mol. The zero-order chi connectivity index (χ0) is 15.1. The molecular formula is C12H24N4O3. The van der Waals surface area contributed by atoms with Crippen molar-refractivity contribution in [3.8, 4) is 0 Å². The van der Waals surface area contributed by atoms with E-state index in [1.165, 1.54) is 0 Å². The number of aliphatic hydroxyl groups excluding tert-OH is 1. The van der Waals surface area contributed by atoms with E-state index in [-0.39, 0.29) is 12.5 Å². The van der Waals surface area contributed by atoms with Crippen molar-refractivity contribution in [2.45, 2.75) is 58.8 Å². The first-order valence-electron chi connectivity index (χ1n) is 6.34. The lowest BCUT2D eigenvalue weighted by Gasteiger charge is -2.27. The van der Waals surface area contributed by atoms with E-state index in [1.54, 1.807) is 20.8 Å². The molecule has 0 aromatic heterocycles. The highest BCUT2D eigenvalue weighted by Crippen LogP contribution is 2.12. The summed E-state index contributed by atoms with van der Waals surface area (Å²) in [5.41, 5.74) is 7.65. The summed E-state index contributed by atoms with van der Waals surface area (Å²) in [6.45, 7) is 9.17. The topological polar surface area (TPSA) is 107 Å². The van der Waals surface area contributed by atoms with Crippen LogP contribution < -0.4 is 5.32 Å². The molecule has 0 aliphatic rings. The number of hydrogen-bond acceptors (Lipinski definition) is 4. The van der Waals surface area contributed by atoms with Crippen LogP contribution in [0.25, 0.3) is 10.4 Å². The van der Waals surface area contributed by atoms with E-state index in [1.807, 2.05) is 13.8 Å². The van der Waals surface area contributed by atoms with Gasteiger partial charge in [0.05, 0.1) is 18.7 Å². The molecule has 7 nitrogen and oxygen atoms in total. The van der Waals surface area contributed by atoms with Crippen LogP contribution in [-0.2, 0) is 4.74 Å². The van der Waals surface area contributed by atoms with Gasteiger partial charge in [0.25, 0.3) is 0 Å². The molecule has 2 unspecified atom stereocenters. The Morgan fingerprint density at radius 3 is 2.47 bits per heavy atom. The maximum absolute atomic E-state index is 11.7. The summed E-state index contributed by atoms with van der Waals surface area (Å²) in [4.78, 5) is 14.3. The van der Waals surface area contributed by atoms with E-state index < -0.39 is 23.8 Å². The van der Waals surface area contributed by atoms with Gasteiger partial charge < -0.3 is 15.2 Å². The highest BCUT2D eigenvalue weighted by molar-refractivity contribution is 5.68. The van der Waals surface area contributed by atoms with E-state index in [0.717, 1.165) is 0 Å². The molecule has 7 heteroatoms. The van der Waals surface area contributed by atoms with Gasteiger partial charge >= 0.3 is 6.09 Å². The first-order valence-corrected chi connectivity index (χ1v) is 6.34. The third kappa shape index (κ3) is 9.16. The lowest BCUT2D eigenvalue weighted by Crippen LogP contribution is -2.47. The predicted octanol–water partition coefficient (Wildman–Crippen LogP) is 2.60. The molecule has 0 radical (unpaired) electrons. The smallest absolute Gasteiger partial charge is 0.407 e. The lowest BCUT2D eigenvalue weighted by molar-refractivity contribution is 0.0413. The number of aliphatic hydroxyl groups is 1. The molecule has 2 N–H and O–H groups in total. The minimum atomic E-state index is -0.925. The van der Waals surface area contributed by atoms with Crippen LogP contribution in [0.15, 0.2) is 5.11 Å². The second-order valence-corrected chi connectivity index (χ2v) is 5.86. The maximum atomic E-state index is 11.7. The summed E-state index contributed by atoms with van der Waals surface area (Å²) in [5.74, 6) is 0.278. The molecule has 0 rings (SSSR count). The molecule has 0 heterocycles. The first kappa shape index (κ1) is 17.5.